The fourth-order valence-corrected chi connectivity index (χ4v) is 2.53. The van der Waals surface area contributed by atoms with Crippen LogP contribution in [0.25, 0.3) is 0 Å². The van der Waals surface area contributed by atoms with E-state index in [-0.39, 0.29) is 11.9 Å². The highest BCUT2D eigenvalue weighted by Crippen LogP contribution is 2.27. The standard InChI is InChI=1S/C18H20ClNO3/c1-4-23-17-10-9-13(11-15(17)19)18(21)20-12(2)14-7-5-6-8-16(14)22-3/h5-12H,4H2,1-3H3,(H,20,21)/t12-/m1/s1. The zero-order chi connectivity index (χ0) is 16.8. The lowest BCUT2D eigenvalue weighted by molar-refractivity contribution is 0.0939. The van der Waals surface area contributed by atoms with Crippen LogP contribution in [0, 0.1) is 0 Å². The highest BCUT2D eigenvalue weighted by atomic mass is 35.5. The minimum absolute atomic E-state index is 0.191. The molecule has 1 atom stereocenters. The number of nitrogens with one attached hydrogen (secondary N) is 1. The molecule has 4 nitrogen and oxygen atoms in total. The Bertz CT molecular complexity index is 688. The summed E-state index contributed by atoms with van der Waals surface area (Å²) in [5.74, 6) is 1.11. The first-order valence-corrected chi connectivity index (χ1v) is 7.80. The Kier molecular flexibility index (Phi) is 5.88. The van der Waals surface area contributed by atoms with E-state index in [1.54, 1.807) is 25.3 Å². The van der Waals surface area contributed by atoms with Crippen molar-refractivity contribution in [3.63, 3.8) is 0 Å². The molecule has 0 bridgehead atoms. The Morgan fingerprint density at radius 1 is 1.22 bits per heavy atom. The molecule has 0 aliphatic rings. The number of carbonyl (C=O) groups is 1. The van der Waals surface area contributed by atoms with Crippen molar-refractivity contribution in [3.05, 3.63) is 58.6 Å². The van der Waals surface area contributed by atoms with Crippen molar-refractivity contribution in [1.82, 2.24) is 5.32 Å². The normalized spacial score (nSPS) is 11.7. The van der Waals surface area contributed by atoms with Crippen LogP contribution in [-0.4, -0.2) is 19.6 Å². The van der Waals surface area contributed by atoms with Gasteiger partial charge in [-0.1, -0.05) is 29.8 Å². The fraction of sp³-hybridized carbons (Fsp3) is 0.278. The summed E-state index contributed by atoms with van der Waals surface area (Å²) >= 11 is 6.13. The Balaban J connectivity index is 2.13. The van der Waals surface area contributed by atoms with Crippen LogP contribution in [-0.2, 0) is 0 Å². The number of carbonyl (C=O) groups excluding carboxylic acids is 1. The van der Waals surface area contributed by atoms with Crippen molar-refractivity contribution in [2.75, 3.05) is 13.7 Å². The second kappa shape index (κ2) is 7.88. The van der Waals surface area contributed by atoms with E-state index < -0.39 is 0 Å². The van der Waals surface area contributed by atoms with E-state index in [9.17, 15) is 4.79 Å². The van der Waals surface area contributed by atoms with Crippen LogP contribution in [0.1, 0.15) is 35.8 Å². The van der Waals surface area contributed by atoms with E-state index >= 15 is 0 Å². The number of benzene rings is 2. The molecule has 0 aliphatic heterocycles. The van der Waals surface area contributed by atoms with Gasteiger partial charge in [0.2, 0.25) is 0 Å². The maximum atomic E-state index is 12.4. The van der Waals surface area contributed by atoms with Gasteiger partial charge in [0, 0.05) is 11.1 Å². The van der Waals surface area contributed by atoms with Crippen LogP contribution in [0.3, 0.4) is 0 Å². The van der Waals surface area contributed by atoms with Crippen molar-refractivity contribution in [2.45, 2.75) is 19.9 Å². The lowest BCUT2D eigenvalue weighted by Gasteiger charge is -2.17. The first-order valence-electron chi connectivity index (χ1n) is 7.43. The zero-order valence-corrected chi connectivity index (χ0v) is 14.2. The monoisotopic (exact) mass is 333 g/mol. The van der Waals surface area contributed by atoms with Gasteiger partial charge in [0.1, 0.15) is 11.5 Å². The second-order valence-electron chi connectivity index (χ2n) is 5.02. The summed E-state index contributed by atoms with van der Waals surface area (Å²) in [6, 6.07) is 12.4. The van der Waals surface area contributed by atoms with Gasteiger partial charge in [-0.2, -0.15) is 0 Å². The van der Waals surface area contributed by atoms with Gasteiger partial charge in [-0.05, 0) is 38.1 Å². The van der Waals surface area contributed by atoms with Crippen LogP contribution in [0.4, 0.5) is 0 Å². The van der Waals surface area contributed by atoms with Gasteiger partial charge in [-0.15, -0.1) is 0 Å². The maximum absolute atomic E-state index is 12.4. The van der Waals surface area contributed by atoms with E-state index in [4.69, 9.17) is 21.1 Å². The number of para-hydroxylation sites is 1. The van der Waals surface area contributed by atoms with Crippen molar-refractivity contribution in [1.29, 1.82) is 0 Å². The molecule has 0 saturated carbocycles. The average molecular weight is 334 g/mol. The predicted octanol–water partition coefficient (Wildman–Crippen LogP) is 4.24. The molecule has 2 aromatic rings. The summed E-state index contributed by atoms with van der Waals surface area (Å²) in [6.45, 7) is 4.31. The minimum Gasteiger partial charge on any atom is -0.496 e. The van der Waals surface area contributed by atoms with Crippen LogP contribution in [0.15, 0.2) is 42.5 Å². The van der Waals surface area contributed by atoms with E-state index in [2.05, 4.69) is 5.32 Å². The van der Waals surface area contributed by atoms with Gasteiger partial charge >= 0.3 is 0 Å². The van der Waals surface area contributed by atoms with E-state index in [1.807, 2.05) is 38.1 Å². The van der Waals surface area contributed by atoms with E-state index in [0.29, 0.717) is 22.9 Å². The van der Waals surface area contributed by atoms with Crippen LogP contribution in [0.5, 0.6) is 11.5 Å². The van der Waals surface area contributed by atoms with Crippen LogP contribution >= 0.6 is 11.6 Å². The van der Waals surface area contributed by atoms with E-state index in [0.717, 1.165) is 11.3 Å². The van der Waals surface area contributed by atoms with Crippen molar-refractivity contribution >= 4 is 17.5 Å². The smallest absolute Gasteiger partial charge is 0.251 e. The summed E-state index contributed by atoms with van der Waals surface area (Å²) in [5, 5.41) is 3.37. The fourth-order valence-electron chi connectivity index (χ4n) is 2.30. The molecule has 0 heterocycles. The molecule has 0 radical (unpaired) electrons. The highest BCUT2D eigenvalue weighted by molar-refractivity contribution is 6.32. The molecular formula is C18H20ClNO3. The maximum Gasteiger partial charge on any atom is 0.251 e. The molecule has 0 saturated heterocycles. The first kappa shape index (κ1) is 17.2. The van der Waals surface area contributed by atoms with Crippen molar-refractivity contribution in [3.8, 4) is 11.5 Å². The molecular weight excluding hydrogens is 314 g/mol. The Morgan fingerprint density at radius 3 is 2.61 bits per heavy atom. The largest absolute Gasteiger partial charge is 0.496 e. The number of methoxy groups -OCH3 is 1. The Morgan fingerprint density at radius 2 is 1.96 bits per heavy atom. The molecule has 5 heteroatoms. The SMILES string of the molecule is CCOc1ccc(C(=O)N[C@H](C)c2ccccc2OC)cc1Cl. The van der Waals surface area contributed by atoms with Gasteiger partial charge in [-0.3, -0.25) is 4.79 Å². The quantitative estimate of drug-likeness (QED) is 0.860. The van der Waals surface area contributed by atoms with Gasteiger partial charge in [0.25, 0.3) is 5.91 Å². The molecule has 122 valence electrons. The third-order valence-corrected chi connectivity index (χ3v) is 3.74. The highest BCUT2D eigenvalue weighted by Gasteiger charge is 2.15. The lowest BCUT2D eigenvalue weighted by Crippen LogP contribution is -2.26. The predicted molar refractivity (Wildman–Crippen MR) is 91.5 cm³/mol. The number of amides is 1. The number of hydrogen-bond donors (Lipinski definition) is 1. The molecule has 2 aromatic carbocycles. The minimum atomic E-state index is -0.201. The van der Waals surface area contributed by atoms with E-state index in [1.165, 1.54) is 0 Å². The molecule has 0 spiro atoms. The molecule has 1 N–H and O–H groups in total. The Labute approximate surface area is 141 Å². The summed E-state index contributed by atoms with van der Waals surface area (Å²) in [7, 11) is 1.61. The molecule has 0 aliphatic carbocycles. The molecule has 2 rings (SSSR count). The van der Waals surface area contributed by atoms with Gasteiger partial charge in [0.05, 0.1) is 24.8 Å². The molecule has 0 unspecified atom stereocenters. The first-order chi connectivity index (χ1) is 11.1. The summed E-state index contributed by atoms with van der Waals surface area (Å²) < 4.78 is 10.7. The third kappa shape index (κ3) is 4.17. The number of halogens is 1. The summed E-state index contributed by atoms with van der Waals surface area (Å²) in [4.78, 5) is 12.4. The molecule has 0 fully saturated rings. The number of hydrogen-bond acceptors (Lipinski definition) is 3. The van der Waals surface area contributed by atoms with Crippen molar-refractivity contribution in [2.24, 2.45) is 0 Å². The average Bonchev–Trinajstić information content (AvgIpc) is 2.56. The molecule has 1 amide bonds. The van der Waals surface area contributed by atoms with Crippen molar-refractivity contribution < 1.29 is 14.3 Å². The summed E-state index contributed by atoms with van der Waals surface area (Å²) in [6.07, 6.45) is 0. The van der Waals surface area contributed by atoms with Gasteiger partial charge in [-0.25, -0.2) is 0 Å². The molecule has 23 heavy (non-hydrogen) atoms. The zero-order valence-electron chi connectivity index (χ0n) is 13.4. The van der Waals surface area contributed by atoms with Crippen LogP contribution < -0.4 is 14.8 Å². The second-order valence-corrected chi connectivity index (χ2v) is 5.42. The van der Waals surface area contributed by atoms with Gasteiger partial charge < -0.3 is 14.8 Å². The van der Waals surface area contributed by atoms with Crippen LogP contribution in [0.2, 0.25) is 5.02 Å². The number of rotatable bonds is 6. The topological polar surface area (TPSA) is 47.6 Å². The summed E-state index contributed by atoms with van der Waals surface area (Å²) in [5.41, 5.74) is 1.40. The van der Waals surface area contributed by atoms with Gasteiger partial charge in [0.15, 0.2) is 0 Å². The third-order valence-electron chi connectivity index (χ3n) is 3.45. The lowest BCUT2D eigenvalue weighted by atomic mass is 10.1. The Hall–Kier alpha value is -2.20. The molecule has 0 aromatic heterocycles. The number of ether oxygens (including phenoxy) is 2.